The first kappa shape index (κ1) is 13.3. The van der Waals surface area contributed by atoms with E-state index in [9.17, 15) is 4.39 Å². The number of benzene rings is 2. The molecule has 94 valence electrons. The van der Waals surface area contributed by atoms with Gasteiger partial charge in [-0.05, 0) is 48.6 Å². The van der Waals surface area contributed by atoms with Gasteiger partial charge in [-0.25, -0.2) is 4.39 Å². The monoisotopic (exact) mass is 306 g/mol. The number of aryl methyl sites for hydroxylation is 2. The summed E-state index contributed by atoms with van der Waals surface area (Å²) in [5.41, 5.74) is 4.50. The third-order valence-corrected chi connectivity index (χ3v) is 3.99. The summed E-state index contributed by atoms with van der Waals surface area (Å²) in [6, 6.07) is 13.2. The zero-order valence-corrected chi connectivity index (χ0v) is 12.2. The fourth-order valence-corrected chi connectivity index (χ4v) is 3.35. The lowest BCUT2D eigenvalue weighted by Gasteiger charge is -2.16. The van der Waals surface area contributed by atoms with Gasteiger partial charge in [0, 0.05) is 4.83 Å². The standard InChI is InChI=1S/C16H16BrF/c1-11-6-5-7-12(2)16(11)14(17)10-13-8-3-4-9-15(13)18/h3-9,14H,10H2,1-2H3. The lowest BCUT2D eigenvalue weighted by atomic mass is 9.96. The molecule has 0 aliphatic heterocycles. The summed E-state index contributed by atoms with van der Waals surface area (Å²) in [4.78, 5) is 0.149. The summed E-state index contributed by atoms with van der Waals surface area (Å²) in [7, 11) is 0. The van der Waals surface area contributed by atoms with Crippen molar-refractivity contribution in [1.29, 1.82) is 0 Å². The molecule has 1 unspecified atom stereocenters. The minimum atomic E-state index is -0.131. The Labute approximate surface area is 116 Å². The van der Waals surface area contributed by atoms with Gasteiger partial charge in [-0.1, -0.05) is 52.3 Å². The molecule has 2 aromatic rings. The van der Waals surface area contributed by atoms with Crippen molar-refractivity contribution in [3.05, 3.63) is 70.5 Å². The molecule has 0 amide bonds. The third-order valence-electron chi connectivity index (χ3n) is 3.21. The van der Waals surface area contributed by atoms with Gasteiger partial charge in [-0.3, -0.25) is 0 Å². The van der Waals surface area contributed by atoms with E-state index in [-0.39, 0.29) is 10.6 Å². The largest absolute Gasteiger partial charge is 0.207 e. The maximum atomic E-state index is 13.6. The topological polar surface area (TPSA) is 0 Å². The van der Waals surface area contributed by atoms with E-state index >= 15 is 0 Å². The number of rotatable bonds is 3. The van der Waals surface area contributed by atoms with Gasteiger partial charge in [0.1, 0.15) is 5.82 Å². The van der Waals surface area contributed by atoms with Crippen LogP contribution in [0, 0.1) is 19.7 Å². The summed E-state index contributed by atoms with van der Waals surface area (Å²) in [5, 5.41) is 0. The van der Waals surface area contributed by atoms with Crippen molar-refractivity contribution < 1.29 is 4.39 Å². The van der Waals surface area contributed by atoms with E-state index in [0.717, 1.165) is 5.56 Å². The van der Waals surface area contributed by atoms with Crippen LogP contribution >= 0.6 is 15.9 Å². The van der Waals surface area contributed by atoms with Crippen molar-refractivity contribution in [3.63, 3.8) is 0 Å². The summed E-state index contributed by atoms with van der Waals surface area (Å²) in [5.74, 6) is -0.131. The molecule has 18 heavy (non-hydrogen) atoms. The lowest BCUT2D eigenvalue weighted by molar-refractivity contribution is 0.608. The predicted molar refractivity (Wildman–Crippen MR) is 77.7 cm³/mol. The molecule has 2 rings (SSSR count). The second kappa shape index (κ2) is 5.66. The third kappa shape index (κ3) is 2.81. The molecule has 0 N–H and O–H groups in total. The molecule has 0 heterocycles. The van der Waals surface area contributed by atoms with Crippen molar-refractivity contribution in [2.24, 2.45) is 0 Å². The molecule has 0 bridgehead atoms. The Kier molecular flexibility index (Phi) is 4.18. The number of hydrogen-bond acceptors (Lipinski definition) is 0. The van der Waals surface area contributed by atoms with Crippen LogP contribution in [0.25, 0.3) is 0 Å². The van der Waals surface area contributed by atoms with Crippen molar-refractivity contribution >= 4 is 15.9 Å². The molecule has 0 aliphatic rings. The summed E-state index contributed by atoms with van der Waals surface area (Å²) < 4.78 is 13.6. The smallest absolute Gasteiger partial charge is 0.126 e. The molecule has 1 atom stereocenters. The van der Waals surface area contributed by atoms with Gasteiger partial charge in [0.25, 0.3) is 0 Å². The van der Waals surface area contributed by atoms with Gasteiger partial charge in [0.15, 0.2) is 0 Å². The second-order valence-electron chi connectivity index (χ2n) is 4.57. The molecule has 0 aliphatic carbocycles. The molecule has 2 heteroatoms. The van der Waals surface area contributed by atoms with E-state index < -0.39 is 0 Å². The van der Waals surface area contributed by atoms with Crippen molar-refractivity contribution in [3.8, 4) is 0 Å². The first-order chi connectivity index (χ1) is 8.59. The molecular formula is C16H16BrF. The predicted octanol–water partition coefficient (Wildman–Crippen LogP) is 5.12. The highest BCUT2D eigenvalue weighted by atomic mass is 79.9. The van der Waals surface area contributed by atoms with E-state index in [1.165, 1.54) is 22.8 Å². The van der Waals surface area contributed by atoms with Crippen LogP contribution in [-0.2, 0) is 6.42 Å². The van der Waals surface area contributed by atoms with Gasteiger partial charge < -0.3 is 0 Å². The molecule has 0 saturated carbocycles. The minimum Gasteiger partial charge on any atom is -0.207 e. The Morgan fingerprint density at radius 2 is 1.61 bits per heavy atom. The van der Waals surface area contributed by atoms with E-state index in [2.05, 4.69) is 48.0 Å². The Morgan fingerprint density at radius 3 is 2.22 bits per heavy atom. The number of alkyl halides is 1. The maximum absolute atomic E-state index is 13.6. The Balaban J connectivity index is 2.28. The minimum absolute atomic E-state index is 0.131. The van der Waals surface area contributed by atoms with Crippen LogP contribution in [0.4, 0.5) is 4.39 Å². The molecule has 0 spiro atoms. The normalized spacial score (nSPS) is 12.4. The highest BCUT2D eigenvalue weighted by Gasteiger charge is 2.15. The van der Waals surface area contributed by atoms with Crippen LogP contribution in [0.2, 0.25) is 0 Å². The fraction of sp³-hybridized carbons (Fsp3) is 0.250. The van der Waals surface area contributed by atoms with Crippen LogP contribution < -0.4 is 0 Å². The Morgan fingerprint density at radius 1 is 1.00 bits per heavy atom. The highest BCUT2D eigenvalue weighted by Crippen LogP contribution is 2.32. The first-order valence-electron chi connectivity index (χ1n) is 6.03. The molecule has 0 nitrogen and oxygen atoms in total. The van der Waals surface area contributed by atoms with Crippen molar-refractivity contribution in [2.45, 2.75) is 25.1 Å². The Bertz CT molecular complexity index is 528. The average Bonchev–Trinajstić information content (AvgIpc) is 2.32. The van der Waals surface area contributed by atoms with Gasteiger partial charge in [0.05, 0.1) is 0 Å². The summed E-state index contributed by atoms with van der Waals surface area (Å²) >= 11 is 3.69. The van der Waals surface area contributed by atoms with E-state index in [1.807, 2.05) is 12.1 Å². The second-order valence-corrected chi connectivity index (χ2v) is 5.67. The average molecular weight is 307 g/mol. The zero-order chi connectivity index (χ0) is 13.1. The summed E-state index contributed by atoms with van der Waals surface area (Å²) in [6.07, 6.45) is 0.665. The van der Waals surface area contributed by atoms with Crippen molar-refractivity contribution in [2.75, 3.05) is 0 Å². The summed E-state index contributed by atoms with van der Waals surface area (Å²) in [6.45, 7) is 4.19. The number of halogens is 2. The fourth-order valence-electron chi connectivity index (χ4n) is 2.28. The van der Waals surface area contributed by atoms with Crippen LogP contribution in [-0.4, -0.2) is 0 Å². The molecular weight excluding hydrogens is 291 g/mol. The van der Waals surface area contributed by atoms with Crippen LogP contribution in [0.5, 0.6) is 0 Å². The van der Waals surface area contributed by atoms with E-state index in [1.54, 1.807) is 6.07 Å². The first-order valence-corrected chi connectivity index (χ1v) is 6.94. The molecule has 0 aromatic heterocycles. The van der Waals surface area contributed by atoms with Crippen LogP contribution in [0.15, 0.2) is 42.5 Å². The van der Waals surface area contributed by atoms with Crippen LogP contribution in [0.1, 0.15) is 27.1 Å². The lowest BCUT2D eigenvalue weighted by Crippen LogP contribution is -2.02. The van der Waals surface area contributed by atoms with Gasteiger partial charge in [0.2, 0.25) is 0 Å². The number of hydrogen-bond donors (Lipinski definition) is 0. The van der Waals surface area contributed by atoms with Gasteiger partial charge in [-0.2, -0.15) is 0 Å². The maximum Gasteiger partial charge on any atom is 0.126 e. The molecule has 0 radical (unpaired) electrons. The zero-order valence-electron chi connectivity index (χ0n) is 10.6. The molecule has 0 saturated heterocycles. The molecule has 0 fully saturated rings. The van der Waals surface area contributed by atoms with Gasteiger partial charge in [-0.15, -0.1) is 0 Å². The van der Waals surface area contributed by atoms with E-state index in [0.29, 0.717) is 6.42 Å². The van der Waals surface area contributed by atoms with Gasteiger partial charge >= 0.3 is 0 Å². The highest BCUT2D eigenvalue weighted by molar-refractivity contribution is 9.09. The SMILES string of the molecule is Cc1cccc(C)c1C(Br)Cc1ccccc1F. The van der Waals surface area contributed by atoms with Crippen molar-refractivity contribution in [1.82, 2.24) is 0 Å². The quantitative estimate of drug-likeness (QED) is 0.690. The van der Waals surface area contributed by atoms with Crippen LogP contribution in [0.3, 0.4) is 0 Å². The Hall–Kier alpha value is -1.15. The van der Waals surface area contributed by atoms with E-state index in [4.69, 9.17) is 0 Å². The molecule has 2 aromatic carbocycles.